The summed E-state index contributed by atoms with van der Waals surface area (Å²) in [7, 11) is 0. The Labute approximate surface area is 179 Å². The molecule has 0 atom stereocenters. The van der Waals surface area contributed by atoms with Gasteiger partial charge >= 0.3 is 12.1 Å². The summed E-state index contributed by atoms with van der Waals surface area (Å²) < 4.78 is 11.2. The average molecular weight is 421 g/mol. The van der Waals surface area contributed by atoms with Gasteiger partial charge in [0.05, 0.1) is 5.69 Å². The van der Waals surface area contributed by atoms with Gasteiger partial charge in [-0.15, -0.1) is 0 Å². The first-order valence-corrected chi connectivity index (χ1v) is 9.48. The Balaban J connectivity index is 1.69. The molecule has 0 saturated carbocycles. The monoisotopic (exact) mass is 421 g/mol. The molecule has 0 radical (unpaired) electrons. The fourth-order valence-electron chi connectivity index (χ4n) is 2.99. The average Bonchev–Trinajstić information content (AvgIpc) is 2.72. The molecule has 8 nitrogen and oxygen atoms in total. The molecule has 0 heterocycles. The molecule has 0 aliphatic carbocycles. The largest absolute Gasteiger partial charge is 0.506 e. The fraction of sp³-hybridized carbons (Fsp3) is 0.130. The molecule has 3 aromatic carbocycles. The van der Waals surface area contributed by atoms with Crippen molar-refractivity contribution in [3.8, 4) is 17.2 Å². The summed E-state index contributed by atoms with van der Waals surface area (Å²) >= 11 is 0. The third-order valence-electron chi connectivity index (χ3n) is 4.37. The number of carbonyl (C=O) groups is 2. The molecule has 0 aliphatic heterocycles. The SMILES string of the molecule is Cc1cc(NC(=O)OCc2ccccc2)cc(C)c1Oc1ccc(O)c(NC(N)=O)c1. The number of nitrogens with one attached hydrogen (secondary N) is 2. The number of anilines is 2. The van der Waals surface area contributed by atoms with Crippen molar-refractivity contribution in [3.05, 3.63) is 77.4 Å². The second kappa shape index (κ2) is 9.53. The van der Waals surface area contributed by atoms with Gasteiger partial charge in [0.2, 0.25) is 0 Å². The lowest BCUT2D eigenvalue weighted by Gasteiger charge is -2.15. The van der Waals surface area contributed by atoms with Gasteiger partial charge < -0.3 is 25.6 Å². The number of amides is 3. The molecule has 3 aromatic rings. The summed E-state index contributed by atoms with van der Waals surface area (Å²) in [6.45, 7) is 3.85. The van der Waals surface area contributed by atoms with Crippen LogP contribution < -0.4 is 21.1 Å². The summed E-state index contributed by atoms with van der Waals surface area (Å²) in [5.74, 6) is 0.850. The van der Waals surface area contributed by atoms with E-state index in [1.165, 1.54) is 12.1 Å². The van der Waals surface area contributed by atoms with Crippen molar-refractivity contribution < 1.29 is 24.2 Å². The highest BCUT2D eigenvalue weighted by Crippen LogP contribution is 2.35. The number of rotatable bonds is 6. The third-order valence-corrected chi connectivity index (χ3v) is 4.37. The Bertz CT molecular complexity index is 1080. The van der Waals surface area contributed by atoms with E-state index in [1.54, 1.807) is 18.2 Å². The van der Waals surface area contributed by atoms with Crippen LogP contribution in [0.15, 0.2) is 60.7 Å². The van der Waals surface area contributed by atoms with E-state index in [1.807, 2.05) is 44.2 Å². The van der Waals surface area contributed by atoms with Crippen LogP contribution in [0.5, 0.6) is 17.2 Å². The standard InChI is InChI=1S/C23H23N3O5/c1-14-10-17(25-23(29)30-13-16-6-4-3-5-7-16)11-15(2)21(14)31-18-8-9-20(27)19(12-18)26-22(24)28/h3-12,27H,13H2,1-2H3,(H,25,29)(H3,24,26,28). The smallest absolute Gasteiger partial charge is 0.411 e. The molecule has 0 aliphatic rings. The van der Waals surface area contributed by atoms with Gasteiger partial charge in [-0.25, -0.2) is 9.59 Å². The number of nitrogens with two attached hydrogens (primary N) is 1. The van der Waals surface area contributed by atoms with E-state index in [-0.39, 0.29) is 18.0 Å². The molecule has 0 unspecified atom stereocenters. The van der Waals surface area contributed by atoms with Gasteiger partial charge in [0.25, 0.3) is 0 Å². The van der Waals surface area contributed by atoms with Crippen molar-refractivity contribution in [2.45, 2.75) is 20.5 Å². The van der Waals surface area contributed by atoms with Crippen LogP contribution in [-0.2, 0) is 11.3 Å². The van der Waals surface area contributed by atoms with Crippen molar-refractivity contribution >= 4 is 23.5 Å². The fourth-order valence-corrected chi connectivity index (χ4v) is 2.99. The molecular weight excluding hydrogens is 398 g/mol. The van der Waals surface area contributed by atoms with Gasteiger partial charge in [-0.2, -0.15) is 0 Å². The molecule has 0 fully saturated rings. The van der Waals surface area contributed by atoms with Crippen molar-refractivity contribution in [3.63, 3.8) is 0 Å². The van der Waals surface area contributed by atoms with Crippen LogP contribution in [0.4, 0.5) is 21.0 Å². The lowest BCUT2D eigenvalue weighted by Crippen LogP contribution is -2.19. The molecule has 5 N–H and O–H groups in total. The molecular formula is C23H23N3O5. The van der Waals surface area contributed by atoms with Crippen LogP contribution in [0.3, 0.4) is 0 Å². The molecule has 0 bridgehead atoms. The van der Waals surface area contributed by atoms with Crippen LogP contribution >= 0.6 is 0 Å². The van der Waals surface area contributed by atoms with E-state index in [0.29, 0.717) is 17.2 Å². The molecule has 3 amide bonds. The number of carbonyl (C=O) groups excluding carboxylic acids is 2. The van der Waals surface area contributed by atoms with E-state index >= 15 is 0 Å². The van der Waals surface area contributed by atoms with Crippen molar-refractivity contribution in [2.75, 3.05) is 10.6 Å². The summed E-state index contributed by atoms with van der Waals surface area (Å²) in [6, 6.07) is 16.5. The second-order valence-electron chi connectivity index (χ2n) is 6.90. The first-order chi connectivity index (χ1) is 14.8. The Morgan fingerprint density at radius 1 is 0.968 bits per heavy atom. The highest BCUT2D eigenvalue weighted by Gasteiger charge is 2.12. The van der Waals surface area contributed by atoms with Crippen molar-refractivity contribution in [1.29, 1.82) is 0 Å². The van der Waals surface area contributed by atoms with Gasteiger partial charge in [-0.05, 0) is 54.8 Å². The predicted molar refractivity (Wildman–Crippen MR) is 118 cm³/mol. The number of ether oxygens (including phenoxy) is 2. The number of phenolic OH excluding ortho intramolecular Hbond substituents is 1. The third kappa shape index (κ3) is 5.89. The van der Waals surface area contributed by atoms with Crippen molar-refractivity contribution in [1.82, 2.24) is 0 Å². The van der Waals surface area contributed by atoms with Crippen LogP contribution in [0.25, 0.3) is 0 Å². The minimum Gasteiger partial charge on any atom is -0.506 e. The van der Waals surface area contributed by atoms with E-state index in [9.17, 15) is 14.7 Å². The minimum atomic E-state index is -0.797. The molecule has 0 spiro atoms. The van der Waals surface area contributed by atoms with Crippen LogP contribution in [-0.4, -0.2) is 17.2 Å². The van der Waals surface area contributed by atoms with E-state index in [4.69, 9.17) is 15.2 Å². The molecule has 3 rings (SSSR count). The summed E-state index contributed by atoms with van der Waals surface area (Å²) in [6.07, 6.45) is -0.558. The highest BCUT2D eigenvalue weighted by atomic mass is 16.5. The van der Waals surface area contributed by atoms with Crippen LogP contribution in [0.2, 0.25) is 0 Å². The van der Waals surface area contributed by atoms with Gasteiger partial charge in [0.15, 0.2) is 0 Å². The summed E-state index contributed by atoms with van der Waals surface area (Å²) in [5.41, 5.74) is 8.26. The number of benzene rings is 3. The minimum absolute atomic E-state index is 0.131. The predicted octanol–water partition coefficient (Wildman–Crippen LogP) is 5.04. The quantitative estimate of drug-likeness (QED) is 0.415. The Hall–Kier alpha value is -4.20. The normalized spacial score (nSPS) is 10.3. The lowest BCUT2D eigenvalue weighted by atomic mass is 10.1. The molecule has 31 heavy (non-hydrogen) atoms. The number of aryl methyl sites for hydroxylation is 2. The van der Waals surface area contributed by atoms with Crippen molar-refractivity contribution in [2.24, 2.45) is 5.73 Å². The molecule has 0 saturated heterocycles. The van der Waals surface area contributed by atoms with Gasteiger partial charge in [0.1, 0.15) is 23.9 Å². The second-order valence-corrected chi connectivity index (χ2v) is 6.90. The van der Waals surface area contributed by atoms with E-state index < -0.39 is 12.1 Å². The Morgan fingerprint density at radius 3 is 2.29 bits per heavy atom. The number of primary amides is 1. The van der Waals surface area contributed by atoms with E-state index in [0.717, 1.165) is 16.7 Å². The summed E-state index contributed by atoms with van der Waals surface area (Å²) in [5, 5.41) is 14.9. The Kier molecular flexibility index (Phi) is 6.61. The maximum Gasteiger partial charge on any atom is 0.411 e. The molecule has 8 heteroatoms. The van der Waals surface area contributed by atoms with E-state index in [2.05, 4.69) is 10.6 Å². The van der Waals surface area contributed by atoms with Crippen LogP contribution in [0.1, 0.15) is 16.7 Å². The topological polar surface area (TPSA) is 123 Å². The lowest BCUT2D eigenvalue weighted by molar-refractivity contribution is 0.155. The maximum atomic E-state index is 12.1. The molecule has 160 valence electrons. The Morgan fingerprint density at radius 2 is 1.65 bits per heavy atom. The first-order valence-electron chi connectivity index (χ1n) is 9.48. The van der Waals surface area contributed by atoms with Crippen LogP contribution in [0, 0.1) is 13.8 Å². The summed E-state index contributed by atoms with van der Waals surface area (Å²) in [4.78, 5) is 23.2. The number of hydrogen-bond acceptors (Lipinski definition) is 5. The number of aromatic hydroxyl groups is 1. The van der Waals surface area contributed by atoms with Gasteiger partial charge in [-0.1, -0.05) is 30.3 Å². The van der Waals surface area contributed by atoms with Gasteiger partial charge in [0, 0.05) is 11.8 Å². The maximum absolute atomic E-state index is 12.1. The zero-order valence-corrected chi connectivity index (χ0v) is 17.1. The highest BCUT2D eigenvalue weighted by molar-refractivity contribution is 5.90. The zero-order valence-electron chi connectivity index (χ0n) is 17.1. The van der Waals surface area contributed by atoms with Gasteiger partial charge in [-0.3, -0.25) is 5.32 Å². The molecule has 0 aromatic heterocycles. The number of hydrogen-bond donors (Lipinski definition) is 4. The zero-order chi connectivity index (χ0) is 22.4. The number of urea groups is 1. The number of phenols is 1. The first kappa shape index (κ1) is 21.5.